The molecule has 12 nitrogen and oxygen atoms in total. The van der Waals surface area contributed by atoms with E-state index in [9.17, 15) is 14.4 Å². The van der Waals surface area contributed by atoms with Crippen LogP contribution in [0.2, 0.25) is 5.28 Å². The topological polar surface area (TPSA) is 135 Å². The Kier molecular flexibility index (Phi) is 7.26. The van der Waals surface area contributed by atoms with Crippen LogP contribution in [0.5, 0.6) is 0 Å². The number of fused-ring (bicyclic) bond motifs is 3. The maximum absolute atomic E-state index is 15.4. The van der Waals surface area contributed by atoms with Gasteiger partial charge in [0.15, 0.2) is 35.4 Å². The maximum Gasteiger partial charge on any atom is 0.303 e. The van der Waals surface area contributed by atoms with E-state index in [4.69, 9.17) is 30.5 Å². The lowest BCUT2D eigenvalue weighted by atomic mass is 9.81. The quantitative estimate of drug-likeness (QED) is 0.231. The molecule has 0 bridgehead atoms. The summed E-state index contributed by atoms with van der Waals surface area (Å²) in [5.74, 6) is -1.90. The molecule has 14 heteroatoms. The van der Waals surface area contributed by atoms with Crippen molar-refractivity contribution >= 4 is 52.2 Å². The minimum absolute atomic E-state index is 0.112. The summed E-state index contributed by atoms with van der Waals surface area (Å²) in [5.41, 5.74) is 1.72. The Morgan fingerprint density at radius 2 is 1.79 bits per heavy atom. The van der Waals surface area contributed by atoms with Crippen molar-refractivity contribution in [1.82, 2.24) is 19.5 Å². The molecule has 3 aliphatic rings. The zero-order valence-corrected chi connectivity index (χ0v) is 24.0. The molecule has 6 rings (SSSR count). The van der Waals surface area contributed by atoms with Crippen LogP contribution in [0, 0.1) is 5.82 Å². The van der Waals surface area contributed by atoms with Crippen LogP contribution in [0.25, 0.3) is 11.2 Å². The van der Waals surface area contributed by atoms with Gasteiger partial charge in [-0.25, -0.2) is 9.37 Å². The van der Waals surface area contributed by atoms with Crippen LogP contribution in [0.15, 0.2) is 24.5 Å². The first-order valence-corrected chi connectivity index (χ1v) is 14.1. The molecule has 1 aliphatic carbocycles. The minimum Gasteiger partial charge on any atom is -0.463 e. The molecule has 1 spiro atoms. The van der Waals surface area contributed by atoms with Crippen LogP contribution in [0.4, 0.5) is 15.9 Å². The SMILES string of the molecule is CC(=O)OC[C@H]1O[C@@H](n2cnc3c(N4CC5(CCCC5)c5cccc(F)c54)nc(Cl)nc32)[C@H](OC(C)=O)[C@@H]1OC(C)=O. The summed E-state index contributed by atoms with van der Waals surface area (Å²) >= 11 is 6.45. The summed E-state index contributed by atoms with van der Waals surface area (Å²) in [6, 6.07) is 5.12. The molecule has 1 saturated heterocycles. The van der Waals surface area contributed by atoms with Crippen molar-refractivity contribution < 1.29 is 37.7 Å². The average Bonchev–Trinajstić information content (AvgIpc) is 3.70. The summed E-state index contributed by atoms with van der Waals surface area (Å²) in [4.78, 5) is 50.9. The first-order valence-electron chi connectivity index (χ1n) is 13.7. The van der Waals surface area contributed by atoms with Crippen LogP contribution in [0.3, 0.4) is 0 Å². The number of imidazole rings is 1. The van der Waals surface area contributed by atoms with Gasteiger partial charge in [-0.3, -0.25) is 19.0 Å². The zero-order valence-electron chi connectivity index (χ0n) is 23.2. The zero-order chi connectivity index (χ0) is 29.8. The van der Waals surface area contributed by atoms with Crippen LogP contribution >= 0.6 is 11.6 Å². The number of carbonyl (C=O) groups excluding carboxylic acids is 3. The van der Waals surface area contributed by atoms with Crippen molar-refractivity contribution in [1.29, 1.82) is 0 Å². The first-order chi connectivity index (χ1) is 20.1. The Morgan fingerprint density at radius 3 is 2.48 bits per heavy atom. The maximum atomic E-state index is 15.4. The number of carbonyl (C=O) groups is 3. The van der Waals surface area contributed by atoms with Crippen LogP contribution < -0.4 is 4.90 Å². The lowest BCUT2D eigenvalue weighted by Gasteiger charge is -2.25. The lowest BCUT2D eigenvalue weighted by Crippen LogP contribution is -2.40. The van der Waals surface area contributed by atoms with E-state index < -0.39 is 42.4 Å². The van der Waals surface area contributed by atoms with E-state index in [1.807, 2.05) is 11.0 Å². The van der Waals surface area contributed by atoms with Gasteiger partial charge in [0.2, 0.25) is 5.28 Å². The average molecular weight is 602 g/mol. The van der Waals surface area contributed by atoms with Crippen molar-refractivity contribution in [2.24, 2.45) is 0 Å². The Balaban J connectivity index is 1.44. The fourth-order valence-electron chi connectivity index (χ4n) is 6.51. The predicted molar refractivity (Wildman–Crippen MR) is 146 cm³/mol. The molecule has 0 radical (unpaired) electrons. The molecule has 0 amide bonds. The van der Waals surface area contributed by atoms with E-state index in [1.165, 1.54) is 37.7 Å². The van der Waals surface area contributed by atoms with Gasteiger partial charge in [0, 0.05) is 32.7 Å². The van der Waals surface area contributed by atoms with E-state index in [2.05, 4.69) is 15.0 Å². The summed E-state index contributed by atoms with van der Waals surface area (Å²) < 4.78 is 39.2. The molecule has 4 heterocycles. The van der Waals surface area contributed by atoms with Crippen molar-refractivity contribution in [2.45, 2.75) is 76.4 Å². The number of esters is 3. The summed E-state index contributed by atoms with van der Waals surface area (Å²) in [6.45, 7) is 3.89. The number of rotatable bonds is 6. The second-order valence-electron chi connectivity index (χ2n) is 10.9. The highest BCUT2D eigenvalue weighted by Gasteiger charge is 2.52. The second-order valence-corrected chi connectivity index (χ2v) is 11.2. The van der Waals surface area contributed by atoms with E-state index in [0.29, 0.717) is 23.6 Å². The number of aromatic nitrogens is 4. The van der Waals surface area contributed by atoms with Crippen molar-refractivity contribution in [2.75, 3.05) is 18.1 Å². The molecule has 222 valence electrons. The van der Waals surface area contributed by atoms with Gasteiger partial charge in [-0.05, 0) is 36.1 Å². The molecule has 2 aliphatic heterocycles. The third kappa shape index (κ3) is 4.83. The molecule has 4 atom stereocenters. The smallest absolute Gasteiger partial charge is 0.303 e. The number of benzene rings is 1. The van der Waals surface area contributed by atoms with E-state index in [-0.39, 0.29) is 28.8 Å². The molecule has 1 aromatic carbocycles. The summed E-state index contributed by atoms with van der Waals surface area (Å²) in [5, 5.41) is -0.112. The number of nitrogens with zero attached hydrogens (tertiary/aromatic N) is 5. The van der Waals surface area contributed by atoms with E-state index >= 15 is 4.39 Å². The van der Waals surface area contributed by atoms with Crippen LogP contribution in [-0.4, -0.2) is 68.9 Å². The molecule has 42 heavy (non-hydrogen) atoms. The first kappa shape index (κ1) is 28.3. The van der Waals surface area contributed by atoms with Gasteiger partial charge < -0.3 is 23.8 Å². The van der Waals surface area contributed by atoms with Gasteiger partial charge in [0.05, 0.1) is 12.0 Å². The van der Waals surface area contributed by atoms with Crippen molar-refractivity contribution in [3.05, 3.63) is 41.2 Å². The fourth-order valence-corrected chi connectivity index (χ4v) is 6.67. The van der Waals surface area contributed by atoms with Gasteiger partial charge in [0.25, 0.3) is 0 Å². The van der Waals surface area contributed by atoms with Crippen molar-refractivity contribution in [3.8, 4) is 0 Å². The molecular formula is C28H29ClFN5O7. The highest BCUT2D eigenvalue weighted by Crippen LogP contribution is 2.53. The normalized spacial score (nSPS) is 24.3. The summed E-state index contributed by atoms with van der Waals surface area (Å²) in [6.07, 6.45) is 1.06. The molecule has 0 N–H and O–H groups in total. The number of halogens is 2. The van der Waals surface area contributed by atoms with Gasteiger partial charge >= 0.3 is 17.9 Å². The molecular weight excluding hydrogens is 573 g/mol. The fraction of sp³-hybridized carbons (Fsp3) is 0.500. The monoisotopic (exact) mass is 601 g/mol. The van der Waals surface area contributed by atoms with Crippen LogP contribution in [-0.2, 0) is 38.7 Å². The van der Waals surface area contributed by atoms with E-state index in [0.717, 1.165) is 31.2 Å². The molecule has 1 saturated carbocycles. The number of hydrogen-bond acceptors (Lipinski definition) is 11. The predicted octanol–water partition coefficient (Wildman–Crippen LogP) is 3.91. The largest absolute Gasteiger partial charge is 0.463 e. The third-order valence-electron chi connectivity index (χ3n) is 8.10. The van der Waals surface area contributed by atoms with Crippen molar-refractivity contribution in [3.63, 3.8) is 0 Å². The Bertz CT molecular complexity index is 1580. The highest BCUT2D eigenvalue weighted by atomic mass is 35.5. The van der Waals surface area contributed by atoms with Gasteiger partial charge in [0.1, 0.15) is 18.5 Å². The Hall–Kier alpha value is -3.84. The Morgan fingerprint density at radius 1 is 1.07 bits per heavy atom. The number of hydrogen-bond donors (Lipinski definition) is 0. The van der Waals surface area contributed by atoms with Gasteiger partial charge in [-0.2, -0.15) is 9.97 Å². The summed E-state index contributed by atoms with van der Waals surface area (Å²) in [7, 11) is 0. The van der Waals surface area contributed by atoms with E-state index in [1.54, 1.807) is 6.07 Å². The lowest BCUT2D eigenvalue weighted by molar-refractivity contribution is -0.166. The number of ether oxygens (including phenoxy) is 4. The molecule has 2 aromatic heterocycles. The molecule has 3 aromatic rings. The Labute approximate surface area is 245 Å². The molecule has 2 fully saturated rings. The number of anilines is 2. The van der Waals surface area contributed by atoms with Gasteiger partial charge in [-0.15, -0.1) is 0 Å². The minimum atomic E-state index is -1.15. The third-order valence-corrected chi connectivity index (χ3v) is 8.26. The van der Waals surface area contributed by atoms with Gasteiger partial charge in [-0.1, -0.05) is 25.0 Å². The second kappa shape index (κ2) is 10.8. The highest BCUT2D eigenvalue weighted by molar-refractivity contribution is 6.28. The number of para-hydroxylation sites is 1. The molecule has 0 unspecified atom stereocenters. The van der Waals surface area contributed by atoms with Crippen LogP contribution in [0.1, 0.15) is 58.2 Å². The standard InChI is InChI=1S/C28H29ClFN5O7/c1-14(36)39-11-19-22(40-15(2)37)23(41-16(3)38)26(42-19)35-13-31-20-24(32-27(29)33-25(20)35)34-12-28(9-4-5-10-28)17-7-6-8-18(30)21(17)34/h6-8,13,19,22-23,26H,4-5,9-12H2,1-3H3/t19-,22-,23-,26-/m1/s1.